The molecule has 1 rings (SSSR count). The number of primary amides is 1. The van der Waals surface area contributed by atoms with Crippen molar-refractivity contribution < 1.29 is 34.2 Å². The van der Waals surface area contributed by atoms with E-state index in [4.69, 9.17) is 16.6 Å². The number of rotatable bonds is 12. The lowest BCUT2D eigenvalue weighted by molar-refractivity contribution is -0.139. The molecule has 0 saturated carbocycles. The summed E-state index contributed by atoms with van der Waals surface area (Å²) in [5.41, 5.74) is 11.1. The van der Waals surface area contributed by atoms with Gasteiger partial charge in [-0.2, -0.15) is 0 Å². The van der Waals surface area contributed by atoms with Crippen molar-refractivity contribution in [2.75, 3.05) is 6.54 Å². The molecule has 1 heterocycles. The minimum absolute atomic E-state index is 0.0792. The van der Waals surface area contributed by atoms with Crippen LogP contribution in [0.5, 0.6) is 0 Å². The van der Waals surface area contributed by atoms with Crippen LogP contribution in [-0.4, -0.2) is 80.6 Å². The number of H-pyrrole nitrogens is 1. The van der Waals surface area contributed by atoms with Gasteiger partial charge in [0, 0.05) is 18.3 Å². The predicted octanol–water partition coefficient (Wildman–Crippen LogP) is -4.29. The lowest BCUT2D eigenvalue weighted by Crippen LogP contribution is -2.59. The van der Waals surface area contributed by atoms with E-state index in [1.165, 1.54) is 19.4 Å². The van der Waals surface area contributed by atoms with Crippen molar-refractivity contribution in [2.45, 2.75) is 44.0 Å². The fraction of sp³-hybridized carbons (Fsp3) is 0.500. The van der Waals surface area contributed by atoms with E-state index in [9.17, 15) is 29.1 Å². The molecule has 0 spiro atoms. The summed E-state index contributed by atoms with van der Waals surface area (Å²) in [7, 11) is 0. The number of hydrogen-bond acceptors (Lipinski definition) is 8. The Morgan fingerprint density at radius 3 is 2.33 bits per heavy atom. The van der Waals surface area contributed by atoms with Crippen LogP contribution < -0.4 is 27.4 Å². The first-order valence-corrected chi connectivity index (χ1v) is 8.80. The molecule has 1 aromatic heterocycles. The molecule has 1 aromatic rings. The second-order valence-corrected chi connectivity index (χ2v) is 6.46. The number of carboxylic acids is 1. The topological polar surface area (TPSA) is 243 Å². The highest BCUT2D eigenvalue weighted by Crippen LogP contribution is 2.03. The molecule has 14 heteroatoms. The third kappa shape index (κ3) is 8.24. The Bertz CT molecular complexity index is 766. The Balaban J connectivity index is 2.93. The number of carbonyl (C=O) groups is 5. The minimum atomic E-state index is -1.49. The van der Waals surface area contributed by atoms with E-state index in [0.29, 0.717) is 5.69 Å². The monoisotopic (exact) mass is 427 g/mol. The molecule has 0 aromatic carbocycles. The van der Waals surface area contributed by atoms with Gasteiger partial charge in [-0.3, -0.25) is 24.0 Å². The van der Waals surface area contributed by atoms with Gasteiger partial charge in [0.25, 0.3) is 0 Å². The van der Waals surface area contributed by atoms with Gasteiger partial charge in [-0.1, -0.05) is 0 Å². The van der Waals surface area contributed by atoms with E-state index in [0.717, 1.165) is 0 Å². The van der Waals surface area contributed by atoms with Gasteiger partial charge in [0.1, 0.15) is 18.6 Å². The second kappa shape index (κ2) is 11.5. The highest BCUT2D eigenvalue weighted by molar-refractivity contribution is 5.95. The number of aliphatic hydroxyl groups is 1. The van der Waals surface area contributed by atoms with Gasteiger partial charge in [-0.15, -0.1) is 0 Å². The summed E-state index contributed by atoms with van der Waals surface area (Å²) < 4.78 is 0. The predicted molar refractivity (Wildman–Crippen MR) is 100 cm³/mol. The summed E-state index contributed by atoms with van der Waals surface area (Å²) in [6.45, 7) is 0.505. The highest BCUT2D eigenvalue weighted by atomic mass is 16.4. The first kappa shape index (κ1) is 24.5. The normalized spacial score (nSPS) is 14.6. The van der Waals surface area contributed by atoms with Gasteiger partial charge >= 0.3 is 5.97 Å². The van der Waals surface area contributed by atoms with Crippen LogP contribution in [0.2, 0.25) is 0 Å². The molecule has 4 atom stereocenters. The first-order chi connectivity index (χ1) is 14.0. The zero-order chi connectivity index (χ0) is 22.8. The van der Waals surface area contributed by atoms with Crippen LogP contribution in [0.1, 0.15) is 19.0 Å². The third-order valence-corrected chi connectivity index (χ3v) is 3.85. The summed E-state index contributed by atoms with van der Waals surface area (Å²) >= 11 is 0. The van der Waals surface area contributed by atoms with Crippen LogP contribution >= 0.6 is 0 Å². The summed E-state index contributed by atoms with van der Waals surface area (Å²) in [6, 6.07) is -4.05. The number of aromatic amines is 1. The molecule has 4 unspecified atom stereocenters. The van der Waals surface area contributed by atoms with Crippen LogP contribution in [0, 0.1) is 0 Å². The fourth-order valence-corrected chi connectivity index (χ4v) is 2.35. The zero-order valence-corrected chi connectivity index (χ0v) is 16.1. The Hall–Kier alpha value is -3.52. The van der Waals surface area contributed by atoms with Crippen LogP contribution in [0.15, 0.2) is 12.5 Å². The van der Waals surface area contributed by atoms with Crippen LogP contribution in [0.3, 0.4) is 0 Å². The maximum Gasteiger partial charge on any atom is 0.322 e. The number of carbonyl (C=O) groups excluding carboxylic acids is 4. The molecule has 14 nitrogen and oxygen atoms in total. The molecule has 166 valence electrons. The number of imidazole rings is 1. The van der Waals surface area contributed by atoms with E-state index >= 15 is 0 Å². The second-order valence-electron chi connectivity index (χ2n) is 6.46. The molecular formula is C16H25N7O7. The average Bonchev–Trinajstić information content (AvgIpc) is 3.15. The zero-order valence-electron chi connectivity index (χ0n) is 16.1. The van der Waals surface area contributed by atoms with E-state index in [1.807, 2.05) is 5.32 Å². The Labute approximate surface area is 170 Å². The van der Waals surface area contributed by atoms with Crippen molar-refractivity contribution >= 4 is 29.6 Å². The van der Waals surface area contributed by atoms with Crippen molar-refractivity contribution in [2.24, 2.45) is 11.5 Å². The van der Waals surface area contributed by atoms with Gasteiger partial charge in [-0.25, -0.2) is 4.98 Å². The summed E-state index contributed by atoms with van der Waals surface area (Å²) in [6.07, 6.45) is 0.857. The molecule has 4 amide bonds. The molecule has 0 aliphatic carbocycles. The summed E-state index contributed by atoms with van der Waals surface area (Å²) in [5, 5.41) is 25.1. The highest BCUT2D eigenvalue weighted by Gasteiger charge is 2.31. The number of aliphatic carboxylic acids is 1. The SMILES string of the molecule is CC(O)C(NC(=O)C(Cc1cnc[nH]1)NC(=O)C(N)CC(N)=O)C(=O)NCC(=O)O. The maximum atomic E-state index is 12.7. The number of amides is 4. The van der Waals surface area contributed by atoms with E-state index in [-0.39, 0.29) is 6.42 Å². The largest absolute Gasteiger partial charge is 0.480 e. The molecule has 0 bridgehead atoms. The van der Waals surface area contributed by atoms with Crippen molar-refractivity contribution in [3.63, 3.8) is 0 Å². The number of nitrogens with zero attached hydrogens (tertiary/aromatic N) is 1. The molecule has 10 N–H and O–H groups in total. The lowest BCUT2D eigenvalue weighted by atomic mass is 10.1. The number of nitrogens with two attached hydrogens (primary N) is 2. The van der Waals surface area contributed by atoms with Gasteiger partial charge in [0.2, 0.25) is 23.6 Å². The maximum absolute atomic E-state index is 12.7. The van der Waals surface area contributed by atoms with Gasteiger partial charge in [0.15, 0.2) is 0 Å². The molecular weight excluding hydrogens is 402 g/mol. The number of aliphatic hydroxyl groups excluding tert-OH is 1. The van der Waals surface area contributed by atoms with E-state index < -0.39 is 66.8 Å². The Morgan fingerprint density at radius 1 is 1.17 bits per heavy atom. The number of nitrogens with one attached hydrogen (secondary N) is 4. The Morgan fingerprint density at radius 2 is 1.83 bits per heavy atom. The summed E-state index contributed by atoms with van der Waals surface area (Å²) in [4.78, 5) is 65.1. The van der Waals surface area contributed by atoms with Gasteiger partial charge < -0.3 is 42.6 Å². The van der Waals surface area contributed by atoms with E-state index in [2.05, 4.69) is 20.6 Å². The van der Waals surface area contributed by atoms with Crippen molar-refractivity contribution in [3.05, 3.63) is 18.2 Å². The molecule has 0 fully saturated rings. The number of hydrogen-bond donors (Lipinski definition) is 8. The first-order valence-electron chi connectivity index (χ1n) is 8.80. The minimum Gasteiger partial charge on any atom is -0.480 e. The van der Waals surface area contributed by atoms with Crippen LogP contribution in [0.25, 0.3) is 0 Å². The van der Waals surface area contributed by atoms with Crippen LogP contribution in [-0.2, 0) is 30.4 Å². The number of aromatic nitrogens is 2. The third-order valence-electron chi connectivity index (χ3n) is 3.85. The molecule has 0 radical (unpaired) electrons. The molecule has 0 saturated heterocycles. The Kier molecular flexibility index (Phi) is 9.38. The molecule has 30 heavy (non-hydrogen) atoms. The van der Waals surface area contributed by atoms with E-state index in [1.54, 1.807) is 0 Å². The van der Waals surface area contributed by atoms with Gasteiger partial charge in [-0.05, 0) is 6.92 Å². The van der Waals surface area contributed by atoms with Crippen molar-refractivity contribution in [3.8, 4) is 0 Å². The van der Waals surface area contributed by atoms with Gasteiger partial charge in [0.05, 0.1) is 24.9 Å². The quantitative estimate of drug-likeness (QED) is 0.161. The molecule has 0 aliphatic rings. The van der Waals surface area contributed by atoms with Crippen molar-refractivity contribution in [1.29, 1.82) is 0 Å². The fourth-order valence-electron chi connectivity index (χ4n) is 2.35. The summed E-state index contributed by atoms with van der Waals surface area (Å²) in [5.74, 6) is -4.75. The average molecular weight is 427 g/mol. The lowest BCUT2D eigenvalue weighted by Gasteiger charge is -2.25. The van der Waals surface area contributed by atoms with Crippen molar-refractivity contribution in [1.82, 2.24) is 25.9 Å². The molecule has 0 aliphatic heterocycles. The number of carboxylic acid groups (broad SMARTS) is 1. The smallest absolute Gasteiger partial charge is 0.322 e. The van der Waals surface area contributed by atoms with Crippen LogP contribution in [0.4, 0.5) is 0 Å². The standard InChI is InChI=1S/C16H25N7O7/c1-7(24)13(16(30)20-5-12(26)27)23-15(29)10(2-8-4-19-6-21-8)22-14(28)9(17)3-11(18)25/h4,6-7,9-10,13,24H,2-3,5,17H2,1H3,(H2,18,25)(H,19,21)(H,20,30)(H,22,28)(H,23,29)(H,26,27).